The molecule has 0 bridgehead atoms. The number of rotatable bonds is 26. The van der Waals surface area contributed by atoms with Crippen LogP contribution < -0.4 is 14.2 Å². The van der Waals surface area contributed by atoms with Crippen molar-refractivity contribution in [2.24, 2.45) is 0 Å². The molecule has 0 aliphatic heterocycles. The molecule has 1 unspecified atom stereocenters. The van der Waals surface area contributed by atoms with Crippen molar-refractivity contribution in [3.05, 3.63) is 83.9 Å². The summed E-state index contributed by atoms with van der Waals surface area (Å²) in [6.45, 7) is 7.41. The molecule has 0 fully saturated rings. The molecule has 7 heteroatoms. The minimum absolute atomic E-state index is 0.102. The lowest BCUT2D eigenvalue weighted by molar-refractivity contribution is -0.146. The predicted octanol–water partition coefficient (Wildman–Crippen LogP) is 11.8. The van der Waals surface area contributed by atoms with Gasteiger partial charge in [-0.05, 0) is 78.9 Å². The summed E-state index contributed by atoms with van der Waals surface area (Å²) in [6.07, 6.45) is 20.6. The largest absolute Gasteiger partial charge is 0.494 e. The fraction of sp³-hybridized carbons (Fsp3) is 0.489. The average molecular weight is 710 g/mol. The average Bonchev–Trinajstić information content (AvgIpc) is 3.16. The van der Waals surface area contributed by atoms with E-state index in [0.717, 1.165) is 36.1 Å². The zero-order valence-electron chi connectivity index (χ0n) is 31.7. The van der Waals surface area contributed by atoms with Gasteiger partial charge in [0.25, 0.3) is 0 Å². The van der Waals surface area contributed by atoms with Crippen LogP contribution in [0.3, 0.4) is 0 Å². The molecule has 0 aliphatic rings. The highest BCUT2D eigenvalue weighted by Crippen LogP contribution is 2.26. The van der Waals surface area contributed by atoms with E-state index in [0.29, 0.717) is 30.3 Å². The second-order valence-corrected chi connectivity index (χ2v) is 13.4. The van der Waals surface area contributed by atoms with Crippen molar-refractivity contribution in [1.29, 1.82) is 5.26 Å². The smallest absolute Gasteiger partial charge is 0.354 e. The lowest BCUT2D eigenvalue weighted by atomic mass is 10.1. The van der Waals surface area contributed by atoms with Crippen LogP contribution in [0, 0.1) is 11.3 Å². The zero-order chi connectivity index (χ0) is 37.2. The molecule has 0 saturated carbocycles. The number of unbranched alkanes of at least 4 members (excludes halogenated alkanes) is 14. The fourth-order valence-corrected chi connectivity index (χ4v) is 5.75. The van der Waals surface area contributed by atoms with Crippen molar-refractivity contribution in [3.8, 4) is 34.4 Å². The van der Waals surface area contributed by atoms with Gasteiger partial charge >= 0.3 is 11.9 Å². The number of benzene rings is 3. The molecule has 1 atom stereocenters. The highest BCUT2D eigenvalue weighted by atomic mass is 16.6. The summed E-state index contributed by atoms with van der Waals surface area (Å²) in [7, 11) is 0. The first kappa shape index (κ1) is 42.0. The van der Waals surface area contributed by atoms with Gasteiger partial charge in [0.1, 0.15) is 28.9 Å². The van der Waals surface area contributed by atoms with Crippen molar-refractivity contribution < 1.29 is 28.5 Å². The molecule has 0 heterocycles. The summed E-state index contributed by atoms with van der Waals surface area (Å²) < 4.78 is 22.6. The molecular formula is C45H59NO6. The second-order valence-electron chi connectivity index (χ2n) is 13.4. The second kappa shape index (κ2) is 25.5. The summed E-state index contributed by atoms with van der Waals surface area (Å²) in [6, 6.07) is 23.5. The minimum Gasteiger partial charge on any atom is -0.494 e. The highest BCUT2D eigenvalue weighted by molar-refractivity contribution is 5.99. The van der Waals surface area contributed by atoms with Crippen LogP contribution >= 0.6 is 0 Å². The molecule has 3 aromatic rings. The molecule has 280 valence electrons. The highest BCUT2D eigenvalue weighted by Gasteiger charge is 2.16. The zero-order valence-corrected chi connectivity index (χ0v) is 31.7. The van der Waals surface area contributed by atoms with E-state index in [9.17, 15) is 14.9 Å². The molecule has 3 rings (SSSR count). The Morgan fingerprint density at radius 3 is 1.54 bits per heavy atom. The Kier molecular flexibility index (Phi) is 20.6. The third kappa shape index (κ3) is 16.7. The maximum Gasteiger partial charge on any atom is 0.354 e. The maximum atomic E-state index is 12.8. The van der Waals surface area contributed by atoms with E-state index in [1.165, 1.54) is 89.5 Å². The molecule has 0 aliphatic carbocycles. The Hall–Kier alpha value is -4.41. The third-order valence-corrected chi connectivity index (χ3v) is 8.97. The van der Waals surface area contributed by atoms with Crippen LogP contribution in [0.5, 0.6) is 17.2 Å². The molecule has 0 saturated heterocycles. The first-order valence-corrected chi connectivity index (χ1v) is 19.5. The van der Waals surface area contributed by atoms with Crippen LogP contribution in [0.4, 0.5) is 0 Å². The SMILES string of the molecule is CCCCCCCCCCOc1ccc(/C=C(\C#N)C(=O)Oc2ccc(-c3ccc(OC(=O)C(C)OCCCCCCCCCC)cc3)cc2)cc1. The number of nitriles is 1. The first-order chi connectivity index (χ1) is 25.4. The Balaban J connectivity index is 1.39. The van der Waals surface area contributed by atoms with Gasteiger partial charge in [-0.1, -0.05) is 140 Å². The molecule has 3 aromatic carbocycles. The number of carbonyl (C=O) groups excluding carboxylic acids is 2. The molecular weight excluding hydrogens is 650 g/mol. The topological polar surface area (TPSA) is 94.9 Å². The van der Waals surface area contributed by atoms with Crippen molar-refractivity contribution in [2.75, 3.05) is 13.2 Å². The van der Waals surface area contributed by atoms with Crippen LogP contribution in [0.25, 0.3) is 17.2 Å². The minimum atomic E-state index is -0.729. The van der Waals surface area contributed by atoms with Gasteiger partial charge < -0.3 is 18.9 Å². The van der Waals surface area contributed by atoms with Crippen molar-refractivity contribution >= 4 is 18.0 Å². The Morgan fingerprint density at radius 1 is 0.596 bits per heavy atom. The number of hydrogen-bond acceptors (Lipinski definition) is 7. The lowest BCUT2D eigenvalue weighted by Crippen LogP contribution is -2.26. The normalized spacial score (nSPS) is 11.8. The number of nitrogens with zero attached hydrogens (tertiary/aromatic N) is 1. The molecule has 52 heavy (non-hydrogen) atoms. The van der Waals surface area contributed by atoms with E-state index >= 15 is 0 Å². The van der Waals surface area contributed by atoms with Crippen molar-refractivity contribution in [3.63, 3.8) is 0 Å². The number of ether oxygens (including phenoxy) is 4. The van der Waals surface area contributed by atoms with E-state index in [1.54, 1.807) is 31.2 Å². The molecule has 0 amide bonds. The monoisotopic (exact) mass is 709 g/mol. The van der Waals surface area contributed by atoms with Gasteiger partial charge in [0.2, 0.25) is 0 Å². The van der Waals surface area contributed by atoms with Crippen LogP contribution in [0.15, 0.2) is 78.4 Å². The van der Waals surface area contributed by atoms with Crippen molar-refractivity contribution in [1.82, 2.24) is 0 Å². The van der Waals surface area contributed by atoms with E-state index in [2.05, 4.69) is 13.8 Å². The number of carbonyl (C=O) groups is 2. The number of esters is 2. The van der Waals surface area contributed by atoms with E-state index in [-0.39, 0.29) is 5.57 Å². The van der Waals surface area contributed by atoms with Gasteiger partial charge in [-0.3, -0.25) is 0 Å². The molecule has 0 aromatic heterocycles. The van der Waals surface area contributed by atoms with Gasteiger partial charge in [0, 0.05) is 6.61 Å². The number of hydrogen-bond donors (Lipinski definition) is 0. The summed E-state index contributed by atoms with van der Waals surface area (Å²) in [5.41, 5.74) is 2.40. The van der Waals surface area contributed by atoms with Gasteiger partial charge in [0.15, 0.2) is 6.10 Å². The lowest BCUT2D eigenvalue weighted by Gasteiger charge is -2.13. The third-order valence-electron chi connectivity index (χ3n) is 8.97. The predicted molar refractivity (Wildman–Crippen MR) is 209 cm³/mol. The van der Waals surface area contributed by atoms with Crippen LogP contribution in [-0.2, 0) is 14.3 Å². The standard InChI is InChI=1S/C45H59NO6/c1-4-6-8-10-12-14-16-18-32-49-36(3)44(47)51-42-28-22-38(23-29-42)39-24-30-43(31-25-39)52-45(48)40(35-46)34-37-20-26-41(27-21-37)50-33-19-17-15-13-11-9-7-5-2/h20-31,34,36H,4-19,32-33H2,1-3H3/b40-34+. The first-order valence-electron chi connectivity index (χ1n) is 19.5. The van der Waals surface area contributed by atoms with E-state index in [4.69, 9.17) is 18.9 Å². The molecule has 7 nitrogen and oxygen atoms in total. The van der Waals surface area contributed by atoms with Crippen LogP contribution in [-0.4, -0.2) is 31.3 Å². The van der Waals surface area contributed by atoms with Gasteiger partial charge in [-0.25, -0.2) is 9.59 Å². The molecule has 0 N–H and O–H groups in total. The molecule has 0 spiro atoms. The quantitative estimate of drug-likeness (QED) is 0.0269. The summed E-state index contributed by atoms with van der Waals surface area (Å²) in [5, 5.41) is 9.65. The van der Waals surface area contributed by atoms with Gasteiger partial charge in [-0.15, -0.1) is 0 Å². The van der Waals surface area contributed by atoms with Crippen LogP contribution in [0.2, 0.25) is 0 Å². The fourth-order valence-electron chi connectivity index (χ4n) is 5.75. The van der Waals surface area contributed by atoms with E-state index in [1.807, 2.05) is 54.6 Å². The maximum absolute atomic E-state index is 12.8. The molecule has 0 radical (unpaired) electrons. The van der Waals surface area contributed by atoms with E-state index < -0.39 is 18.0 Å². The Morgan fingerprint density at radius 2 is 1.04 bits per heavy atom. The van der Waals surface area contributed by atoms with Crippen molar-refractivity contribution in [2.45, 2.75) is 130 Å². The van der Waals surface area contributed by atoms with Gasteiger partial charge in [-0.2, -0.15) is 5.26 Å². The summed E-state index contributed by atoms with van der Waals surface area (Å²) in [4.78, 5) is 25.3. The Labute approximate surface area is 312 Å². The Bertz CT molecular complexity index is 1510. The summed E-state index contributed by atoms with van der Waals surface area (Å²) >= 11 is 0. The van der Waals surface area contributed by atoms with Crippen LogP contribution in [0.1, 0.15) is 129 Å². The van der Waals surface area contributed by atoms with Gasteiger partial charge in [0.05, 0.1) is 6.61 Å². The summed E-state index contributed by atoms with van der Waals surface area (Å²) in [5.74, 6) is 0.387.